The Hall–Kier alpha value is -1.92. The molecule has 0 saturated carbocycles. The van der Waals surface area contributed by atoms with Gasteiger partial charge in [-0.25, -0.2) is 0 Å². The molecule has 0 fully saturated rings. The van der Waals surface area contributed by atoms with Crippen molar-refractivity contribution in [2.45, 2.75) is 386 Å². The summed E-state index contributed by atoms with van der Waals surface area (Å²) in [5.41, 5.74) is 0. The lowest BCUT2D eigenvalue weighted by Gasteiger charge is -2.22. The van der Waals surface area contributed by atoms with E-state index in [2.05, 4.69) is 55.6 Å². The first-order valence-corrected chi connectivity index (χ1v) is 34.2. The fourth-order valence-electron chi connectivity index (χ4n) is 10.7. The Bertz CT molecular complexity index is 1230. The minimum Gasteiger partial charge on any atom is -0.465 e. The largest absolute Gasteiger partial charge is 0.465 e. The normalized spacial score (nSPS) is 12.7. The van der Waals surface area contributed by atoms with Gasteiger partial charge in [0.15, 0.2) is 0 Å². The van der Waals surface area contributed by atoms with Gasteiger partial charge in [-0.2, -0.15) is 0 Å². The molecule has 0 aromatic rings. The summed E-state index contributed by atoms with van der Waals surface area (Å²) in [6.07, 6.45) is 83.3. The minimum atomic E-state index is -0.669. The standard InChI is InChI=1S/C70H133NO5/c1-3-5-7-9-11-13-15-17-19-21-26-30-34-38-42-46-50-54-58-62-68(73)67(66-72)71-69(74)63-59-55-51-47-43-39-35-31-28-24-23-25-29-33-37-41-45-49-53-57-61-65-76-70(75)64-60-56-52-48-44-40-36-32-27-22-20-18-16-14-12-10-8-6-4-2/h18,20,41,45,53,57,67-68,72-73H,3-17,19,21-40,42-44,46-52,54-56,58-66H2,1-2H3,(H,71,74)/b20-18-,45-41-,57-53-. The van der Waals surface area contributed by atoms with Crippen LogP contribution in [-0.2, 0) is 14.3 Å². The van der Waals surface area contributed by atoms with Gasteiger partial charge in [0.1, 0.15) is 0 Å². The van der Waals surface area contributed by atoms with E-state index in [0.29, 0.717) is 25.9 Å². The molecule has 0 heterocycles. The number of hydrogen-bond acceptors (Lipinski definition) is 5. The van der Waals surface area contributed by atoms with Gasteiger partial charge in [-0.3, -0.25) is 9.59 Å². The van der Waals surface area contributed by atoms with Gasteiger partial charge in [-0.15, -0.1) is 0 Å². The Labute approximate surface area is 474 Å². The molecule has 2 atom stereocenters. The highest BCUT2D eigenvalue weighted by molar-refractivity contribution is 5.76. The Morgan fingerprint density at radius 2 is 0.658 bits per heavy atom. The number of hydrogen-bond donors (Lipinski definition) is 3. The van der Waals surface area contributed by atoms with Gasteiger partial charge in [0, 0.05) is 12.8 Å². The van der Waals surface area contributed by atoms with E-state index < -0.39 is 12.1 Å². The molecule has 0 radical (unpaired) electrons. The molecule has 1 amide bonds. The van der Waals surface area contributed by atoms with Crippen molar-refractivity contribution < 1.29 is 24.5 Å². The van der Waals surface area contributed by atoms with Crippen LogP contribution in [0.1, 0.15) is 373 Å². The van der Waals surface area contributed by atoms with Crippen LogP contribution >= 0.6 is 0 Å². The van der Waals surface area contributed by atoms with Crippen molar-refractivity contribution in [3.8, 4) is 0 Å². The number of esters is 1. The summed E-state index contributed by atoms with van der Waals surface area (Å²) < 4.78 is 5.44. The first-order chi connectivity index (χ1) is 37.5. The molecule has 2 unspecified atom stereocenters. The van der Waals surface area contributed by atoms with Crippen LogP contribution in [0.5, 0.6) is 0 Å². The molecule has 0 bridgehead atoms. The molecule has 0 aliphatic rings. The molecule has 0 aromatic carbocycles. The number of carbonyl (C=O) groups is 2. The summed E-state index contributed by atoms with van der Waals surface area (Å²) in [6, 6.07) is -0.547. The van der Waals surface area contributed by atoms with E-state index >= 15 is 0 Å². The summed E-state index contributed by atoms with van der Waals surface area (Å²) >= 11 is 0. The maximum absolute atomic E-state index is 12.5. The van der Waals surface area contributed by atoms with Gasteiger partial charge in [0.2, 0.25) is 5.91 Å². The summed E-state index contributed by atoms with van der Waals surface area (Å²) in [5.74, 6) is -0.0716. The van der Waals surface area contributed by atoms with Crippen molar-refractivity contribution in [3.63, 3.8) is 0 Å². The molecule has 76 heavy (non-hydrogen) atoms. The van der Waals surface area contributed by atoms with Crippen molar-refractivity contribution in [2.75, 3.05) is 13.2 Å². The predicted molar refractivity (Wildman–Crippen MR) is 333 cm³/mol. The molecule has 6 heteroatoms. The SMILES string of the molecule is CCCCCCCC/C=C\CCCCCCCCCCCC(=O)OCC/C=C\C/C=C\CCCCCCCCCCCCCCCCC(=O)NC(CO)C(O)CCCCCCCCCCCCCCCCCCCCC. The number of ether oxygens (including phenoxy) is 1. The molecule has 0 rings (SSSR count). The Morgan fingerprint density at radius 3 is 1.01 bits per heavy atom. The van der Waals surface area contributed by atoms with Crippen molar-refractivity contribution in [1.82, 2.24) is 5.32 Å². The molecule has 0 aliphatic heterocycles. The Morgan fingerprint density at radius 1 is 0.368 bits per heavy atom. The zero-order chi connectivity index (χ0) is 55.0. The quantitative estimate of drug-likeness (QED) is 0.0320. The number of amides is 1. The molecule has 0 aromatic heterocycles. The Kier molecular flexibility index (Phi) is 63.9. The number of allylic oxidation sites excluding steroid dienone is 5. The van der Waals surface area contributed by atoms with Gasteiger partial charge < -0.3 is 20.3 Å². The fraction of sp³-hybridized carbons (Fsp3) is 0.886. The zero-order valence-electron chi connectivity index (χ0n) is 51.3. The van der Waals surface area contributed by atoms with Crippen molar-refractivity contribution in [1.29, 1.82) is 0 Å². The van der Waals surface area contributed by atoms with Gasteiger partial charge in [-0.1, -0.05) is 326 Å². The molecule has 0 aliphatic carbocycles. The van der Waals surface area contributed by atoms with E-state index in [1.165, 1.54) is 289 Å². The molecule has 0 spiro atoms. The van der Waals surface area contributed by atoms with Crippen LogP contribution in [0.4, 0.5) is 0 Å². The number of aliphatic hydroxyl groups excluding tert-OH is 2. The molecular formula is C70H133NO5. The van der Waals surface area contributed by atoms with Crippen LogP contribution in [0.2, 0.25) is 0 Å². The number of carbonyl (C=O) groups excluding carboxylic acids is 2. The van der Waals surface area contributed by atoms with Crippen LogP contribution < -0.4 is 5.32 Å². The topological polar surface area (TPSA) is 95.9 Å². The second kappa shape index (κ2) is 65.6. The lowest BCUT2D eigenvalue weighted by molar-refractivity contribution is -0.143. The Balaban J connectivity index is 3.44. The highest BCUT2D eigenvalue weighted by Gasteiger charge is 2.20. The number of aliphatic hydroxyl groups is 2. The number of rotatable bonds is 64. The average Bonchev–Trinajstić information content (AvgIpc) is 3.42. The maximum atomic E-state index is 12.5. The maximum Gasteiger partial charge on any atom is 0.305 e. The first kappa shape index (κ1) is 74.1. The smallest absolute Gasteiger partial charge is 0.305 e. The predicted octanol–water partition coefficient (Wildman–Crippen LogP) is 21.9. The second-order valence-corrected chi connectivity index (χ2v) is 23.5. The highest BCUT2D eigenvalue weighted by atomic mass is 16.5. The van der Waals surface area contributed by atoms with Crippen LogP contribution in [0.3, 0.4) is 0 Å². The van der Waals surface area contributed by atoms with Gasteiger partial charge in [0.25, 0.3) is 0 Å². The zero-order valence-corrected chi connectivity index (χ0v) is 51.3. The third kappa shape index (κ3) is 61.3. The van der Waals surface area contributed by atoms with E-state index in [-0.39, 0.29) is 18.5 Å². The van der Waals surface area contributed by atoms with Crippen molar-refractivity contribution in [2.24, 2.45) is 0 Å². The molecule has 3 N–H and O–H groups in total. The van der Waals surface area contributed by atoms with Crippen LogP contribution in [0, 0.1) is 0 Å². The van der Waals surface area contributed by atoms with Crippen LogP contribution in [0.15, 0.2) is 36.5 Å². The fourth-order valence-corrected chi connectivity index (χ4v) is 10.7. The molecule has 6 nitrogen and oxygen atoms in total. The van der Waals surface area contributed by atoms with E-state index in [4.69, 9.17) is 4.74 Å². The number of unbranched alkanes of at least 4 members (excludes halogenated alkanes) is 47. The van der Waals surface area contributed by atoms with Gasteiger partial charge >= 0.3 is 5.97 Å². The monoisotopic (exact) mass is 1070 g/mol. The van der Waals surface area contributed by atoms with E-state index in [1.54, 1.807) is 0 Å². The highest BCUT2D eigenvalue weighted by Crippen LogP contribution is 2.18. The molecule has 448 valence electrons. The van der Waals surface area contributed by atoms with Crippen LogP contribution in [-0.4, -0.2) is 47.4 Å². The van der Waals surface area contributed by atoms with Crippen molar-refractivity contribution >= 4 is 11.9 Å². The molecule has 0 saturated heterocycles. The third-order valence-electron chi connectivity index (χ3n) is 15.9. The second-order valence-electron chi connectivity index (χ2n) is 23.5. The van der Waals surface area contributed by atoms with E-state index in [9.17, 15) is 19.8 Å². The molecular weight excluding hydrogens is 935 g/mol. The van der Waals surface area contributed by atoms with Crippen molar-refractivity contribution in [3.05, 3.63) is 36.5 Å². The summed E-state index contributed by atoms with van der Waals surface area (Å²) in [6.45, 7) is 4.87. The van der Waals surface area contributed by atoms with Gasteiger partial charge in [0.05, 0.1) is 25.4 Å². The number of nitrogens with one attached hydrogen (secondary N) is 1. The minimum absolute atomic E-state index is 0.0350. The summed E-state index contributed by atoms with van der Waals surface area (Å²) in [5, 5.41) is 23.4. The lowest BCUT2D eigenvalue weighted by Crippen LogP contribution is -2.45. The summed E-state index contributed by atoms with van der Waals surface area (Å²) in [7, 11) is 0. The first-order valence-electron chi connectivity index (χ1n) is 34.2. The summed E-state index contributed by atoms with van der Waals surface area (Å²) in [4.78, 5) is 24.6. The van der Waals surface area contributed by atoms with Gasteiger partial charge in [-0.05, 0) is 70.6 Å². The van der Waals surface area contributed by atoms with Crippen LogP contribution in [0.25, 0.3) is 0 Å². The average molecular weight is 1070 g/mol. The van der Waals surface area contributed by atoms with E-state index in [0.717, 1.165) is 51.4 Å². The van der Waals surface area contributed by atoms with E-state index in [1.807, 2.05) is 0 Å². The lowest BCUT2D eigenvalue weighted by atomic mass is 10.0. The third-order valence-corrected chi connectivity index (χ3v) is 15.9.